The van der Waals surface area contributed by atoms with Crippen molar-refractivity contribution in [2.24, 2.45) is 0 Å². The van der Waals surface area contributed by atoms with Crippen LogP contribution in [0.4, 0.5) is 0 Å². The van der Waals surface area contributed by atoms with Gasteiger partial charge in [-0.1, -0.05) is 75.5 Å². The SMILES string of the molecule is O=C(CN(Cc1ccc(Cl)c(Cl)c1)S(=O)(=O)c1ccc(Br)cc1)N1CCN(Cc2ccccc2)CC1. The van der Waals surface area contributed by atoms with Crippen LogP contribution in [-0.4, -0.2) is 61.2 Å². The summed E-state index contributed by atoms with van der Waals surface area (Å²) in [6.45, 7) is 3.10. The molecule has 6 nitrogen and oxygen atoms in total. The third-order valence-corrected chi connectivity index (χ3v) is 9.15. The van der Waals surface area contributed by atoms with Crippen LogP contribution < -0.4 is 0 Å². The molecule has 1 amide bonds. The van der Waals surface area contributed by atoms with E-state index >= 15 is 0 Å². The highest BCUT2D eigenvalue weighted by molar-refractivity contribution is 9.10. The number of nitrogens with zero attached hydrogens (tertiary/aromatic N) is 3. The van der Waals surface area contributed by atoms with E-state index in [0.29, 0.717) is 28.7 Å². The van der Waals surface area contributed by atoms with Crippen LogP contribution in [0.1, 0.15) is 11.1 Å². The lowest BCUT2D eigenvalue weighted by molar-refractivity contribution is -0.133. The van der Waals surface area contributed by atoms with Crippen LogP contribution in [0.15, 0.2) is 82.2 Å². The largest absolute Gasteiger partial charge is 0.339 e. The smallest absolute Gasteiger partial charge is 0.243 e. The molecule has 0 aliphatic carbocycles. The summed E-state index contributed by atoms with van der Waals surface area (Å²) in [4.78, 5) is 17.4. The number of carbonyl (C=O) groups excluding carboxylic acids is 1. The Morgan fingerprint density at radius 2 is 1.53 bits per heavy atom. The predicted octanol–water partition coefficient (Wildman–Crippen LogP) is 5.29. The lowest BCUT2D eigenvalue weighted by Crippen LogP contribution is -2.51. The molecule has 1 aliphatic rings. The number of amides is 1. The quantitative estimate of drug-likeness (QED) is 0.348. The molecule has 0 atom stereocenters. The summed E-state index contributed by atoms with van der Waals surface area (Å²) in [6, 6.07) is 21.5. The fourth-order valence-corrected chi connectivity index (χ4v) is 6.03. The Labute approximate surface area is 230 Å². The van der Waals surface area contributed by atoms with Gasteiger partial charge in [0.15, 0.2) is 0 Å². The van der Waals surface area contributed by atoms with E-state index in [1.54, 1.807) is 35.2 Å². The van der Waals surface area contributed by atoms with Crippen molar-refractivity contribution in [1.29, 1.82) is 0 Å². The molecule has 4 rings (SSSR count). The number of hydrogen-bond acceptors (Lipinski definition) is 4. The zero-order valence-corrected chi connectivity index (χ0v) is 23.4. The van der Waals surface area contributed by atoms with Gasteiger partial charge in [0.05, 0.1) is 21.5 Å². The molecular formula is C26H26BrCl2N3O3S. The second-order valence-corrected chi connectivity index (χ2v) is 12.3. The van der Waals surface area contributed by atoms with Crippen LogP contribution in [0.3, 0.4) is 0 Å². The van der Waals surface area contributed by atoms with E-state index in [4.69, 9.17) is 23.2 Å². The Morgan fingerprint density at radius 3 is 2.17 bits per heavy atom. The van der Waals surface area contributed by atoms with Crippen molar-refractivity contribution in [1.82, 2.24) is 14.1 Å². The van der Waals surface area contributed by atoms with Crippen LogP contribution in [-0.2, 0) is 27.9 Å². The van der Waals surface area contributed by atoms with E-state index < -0.39 is 10.0 Å². The number of benzene rings is 3. The maximum atomic E-state index is 13.5. The average Bonchev–Trinajstić information content (AvgIpc) is 2.87. The van der Waals surface area contributed by atoms with Gasteiger partial charge in [-0.05, 0) is 47.5 Å². The van der Waals surface area contributed by atoms with E-state index in [-0.39, 0.29) is 23.9 Å². The first-order valence-corrected chi connectivity index (χ1v) is 14.4. The van der Waals surface area contributed by atoms with Gasteiger partial charge in [0.2, 0.25) is 15.9 Å². The Hall–Kier alpha value is -1.94. The van der Waals surface area contributed by atoms with E-state index in [0.717, 1.165) is 24.1 Å². The van der Waals surface area contributed by atoms with Crippen molar-refractivity contribution in [3.63, 3.8) is 0 Å². The van der Waals surface area contributed by atoms with Gasteiger partial charge in [-0.2, -0.15) is 4.31 Å². The van der Waals surface area contributed by atoms with E-state index in [1.165, 1.54) is 22.0 Å². The Morgan fingerprint density at radius 1 is 0.861 bits per heavy atom. The van der Waals surface area contributed by atoms with Crippen molar-refractivity contribution in [3.05, 3.63) is 98.4 Å². The minimum absolute atomic E-state index is 0.00496. The number of halogens is 3. The molecule has 0 aromatic heterocycles. The maximum Gasteiger partial charge on any atom is 0.243 e. The highest BCUT2D eigenvalue weighted by Gasteiger charge is 2.30. The molecule has 0 saturated carbocycles. The van der Waals surface area contributed by atoms with Gasteiger partial charge >= 0.3 is 0 Å². The predicted molar refractivity (Wildman–Crippen MR) is 146 cm³/mol. The summed E-state index contributed by atoms with van der Waals surface area (Å²) in [6.07, 6.45) is 0. The van der Waals surface area contributed by atoms with Gasteiger partial charge in [0.1, 0.15) is 0 Å². The number of piperazine rings is 1. The Balaban J connectivity index is 1.48. The normalized spacial score (nSPS) is 14.8. The monoisotopic (exact) mass is 609 g/mol. The third-order valence-electron chi connectivity index (χ3n) is 6.08. The van der Waals surface area contributed by atoms with Crippen molar-refractivity contribution in [2.45, 2.75) is 18.0 Å². The standard InChI is InChI=1S/C26H26BrCl2N3O3S/c27-22-7-9-23(10-8-22)36(34,35)32(18-21-6-11-24(28)25(29)16-21)19-26(33)31-14-12-30(13-15-31)17-20-4-2-1-3-5-20/h1-11,16H,12-15,17-19H2. The van der Waals surface area contributed by atoms with E-state index in [9.17, 15) is 13.2 Å². The lowest BCUT2D eigenvalue weighted by atomic mass is 10.2. The first-order valence-electron chi connectivity index (χ1n) is 11.5. The molecule has 0 radical (unpaired) electrons. The molecule has 0 bridgehead atoms. The summed E-state index contributed by atoms with van der Waals surface area (Å²) in [7, 11) is -3.95. The number of hydrogen-bond donors (Lipinski definition) is 0. The third kappa shape index (κ3) is 6.88. The zero-order valence-electron chi connectivity index (χ0n) is 19.5. The molecule has 190 valence electrons. The molecule has 3 aromatic carbocycles. The summed E-state index contributed by atoms with van der Waals surface area (Å²) in [5.41, 5.74) is 1.87. The lowest BCUT2D eigenvalue weighted by Gasteiger charge is -2.35. The van der Waals surface area contributed by atoms with Crippen LogP contribution in [0.2, 0.25) is 10.0 Å². The van der Waals surface area contributed by atoms with Crippen LogP contribution in [0.5, 0.6) is 0 Å². The number of sulfonamides is 1. The first kappa shape index (κ1) is 27.1. The fourth-order valence-electron chi connectivity index (χ4n) is 4.07. The van der Waals surface area contributed by atoms with E-state index in [2.05, 4.69) is 33.0 Å². The van der Waals surface area contributed by atoms with E-state index in [1.807, 2.05) is 18.2 Å². The minimum Gasteiger partial charge on any atom is -0.339 e. The van der Waals surface area contributed by atoms with Gasteiger partial charge in [0.25, 0.3) is 0 Å². The fraction of sp³-hybridized carbons (Fsp3) is 0.269. The topological polar surface area (TPSA) is 60.9 Å². The van der Waals surface area contributed by atoms with Gasteiger partial charge in [-0.15, -0.1) is 0 Å². The summed E-state index contributed by atoms with van der Waals surface area (Å²) >= 11 is 15.5. The first-order chi connectivity index (χ1) is 17.2. The molecule has 0 N–H and O–H groups in total. The molecule has 0 spiro atoms. The zero-order chi connectivity index (χ0) is 25.7. The molecule has 10 heteroatoms. The minimum atomic E-state index is -3.95. The maximum absolute atomic E-state index is 13.5. The molecule has 1 aliphatic heterocycles. The molecular weight excluding hydrogens is 585 g/mol. The van der Waals surface area contributed by atoms with Gasteiger partial charge < -0.3 is 4.90 Å². The van der Waals surface area contributed by atoms with Crippen molar-refractivity contribution in [2.75, 3.05) is 32.7 Å². The molecule has 0 unspecified atom stereocenters. The summed E-state index contributed by atoms with van der Waals surface area (Å²) < 4.78 is 29.1. The molecule has 36 heavy (non-hydrogen) atoms. The van der Waals surface area contributed by atoms with Crippen LogP contribution >= 0.6 is 39.1 Å². The average molecular weight is 611 g/mol. The van der Waals surface area contributed by atoms with Gasteiger partial charge in [0, 0.05) is 43.7 Å². The van der Waals surface area contributed by atoms with Gasteiger partial charge in [-0.3, -0.25) is 9.69 Å². The summed E-state index contributed by atoms with van der Waals surface area (Å²) in [5, 5.41) is 0.711. The second-order valence-electron chi connectivity index (χ2n) is 8.62. The van der Waals surface area contributed by atoms with Crippen LogP contribution in [0, 0.1) is 0 Å². The highest BCUT2D eigenvalue weighted by atomic mass is 79.9. The Kier molecular flexibility index (Phi) is 9.09. The molecule has 1 saturated heterocycles. The van der Waals surface area contributed by atoms with Crippen molar-refractivity contribution in [3.8, 4) is 0 Å². The molecule has 3 aromatic rings. The van der Waals surface area contributed by atoms with Crippen LogP contribution in [0.25, 0.3) is 0 Å². The number of rotatable bonds is 8. The second kappa shape index (κ2) is 12.1. The van der Waals surface area contributed by atoms with Crippen molar-refractivity contribution >= 4 is 55.1 Å². The molecule has 1 heterocycles. The van der Waals surface area contributed by atoms with Crippen molar-refractivity contribution < 1.29 is 13.2 Å². The van der Waals surface area contributed by atoms with Gasteiger partial charge in [-0.25, -0.2) is 8.42 Å². The number of carbonyl (C=O) groups is 1. The highest BCUT2D eigenvalue weighted by Crippen LogP contribution is 2.26. The molecule has 1 fully saturated rings. The summed E-state index contributed by atoms with van der Waals surface area (Å²) in [5.74, 6) is -0.227. The Bertz CT molecular complexity index is 1300.